The zero-order valence-corrected chi connectivity index (χ0v) is 27.0. The Kier molecular flexibility index (Phi) is 4.86. The molecule has 0 bridgehead atoms. The predicted molar refractivity (Wildman–Crippen MR) is 201 cm³/mol. The molecular weight excluding hydrogens is 587 g/mol. The quantitative estimate of drug-likeness (QED) is 0.182. The number of nitrogens with zero attached hydrogens (tertiary/aromatic N) is 1. The van der Waals surface area contributed by atoms with Crippen LogP contribution in [0.25, 0.3) is 92.2 Å². The Balaban J connectivity index is 1.20. The lowest BCUT2D eigenvalue weighted by Crippen LogP contribution is -2.14. The summed E-state index contributed by atoms with van der Waals surface area (Å²) in [4.78, 5) is 0. The average molecular weight is 616 g/mol. The van der Waals surface area contributed by atoms with Crippen molar-refractivity contribution in [2.24, 2.45) is 0 Å². The number of thiophene rings is 1. The van der Waals surface area contributed by atoms with E-state index in [9.17, 15) is 0 Å². The van der Waals surface area contributed by atoms with Crippen molar-refractivity contribution in [1.82, 2.24) is 4.57 Å². The highest BCUT2D eigenvalue weighted by molar-refractivity contribution is 7.26. The van der Waals surface area contributed by atoms with Gasteiger partial charge in [-0.25, -0.2) is 0 Å². The van der Waals surface area contributed by atoms with Crippen molar-refractivity contribution in [3.8, 4) is 50.3 Å². The van der Waals surface area contributed by atoms with Crippen LogP contribution < -0.4 is 0 Å². The van der Waals surface area contributed by atoms with Gasteiger partial charge in [0.1, 0.15) is 0 Å². The number of hydrogen-bond donors (Lipinski definition) is 0. The molecule has 0 spiro atoms. The van der Waals surface area contributed by atoms with Gasteiger partial charge in [0.15, 0.2) is 0 Å². The van der Waals surface area contributed by atoms with Gasteiger partial charge in [0.25, 0.3) is 0 Å². The lowest BCUT2D eigenvalue weighted by molar-refractivity contribution is 0.660. The van der Waals surface area contributed by atoms with E-state index in [0.717, 1.165) is 0 Å². The molecule has 47 heavy (non-hydrogen) atoms. The maximum atomic E-state index is 2.56. The van der Waals surface area contributed by atoms with Crippen molar-refractivity contribution >= 4 is 53.2 Å². The number of aromatic nitrogens is 1. The molecule has 0 saturated carbocycles. The summed E-state index contributed by atoms with van der Waals surface area (Å²) in [6, 6.07) is 52.4. The monoisotopic (exact) mass is 615 g/mol. The Morgan fingerprint density at radius 1 is 0.532 bits per heavy atom. The Morgan fingerprint density at radius 3 is 2.15 bits per heavy atom. The van der Waals surface area contributed by atoms with Gasteiger partial charge in [-0.3, -0.25) is 0 Å². The Bertz CT molecular complexity index is 2820. The lowest BCUT2D eigenvalue weighted by atomic mass is 9.81. The number of rotatable bonds is 2. The lowest BCUT2D eigenvalue weighted by Gasteiger charge is -2.22. The number of hydrogen-bond acceptors (Lipinski definition) is 1. The molecule has 0 amide bonds. The van der Waals surface area contributed by atoms with Gasteiger partial charge in [0.2, 0.25) is 0 Å². The van der Waals surface area contributed by atoms with Crippen LogP contribution in [0.2, 0.25) is 0 Å². The van der Waals surface area contributed by atoms with Crippen LogP contribution in [-0.2, 0) is 5.41 Å². The first-order valence-electron chi connectivity index (χ1n) is 16.4. The Labute approximate surface area is 277 Å². The Hall–Kier alpha value is -5.44. The molecule has 2 heteroatoms. The molecule has 0 unspecified atom stereocenters. The molecule has 0 radical (unpaired) electrons. The first-order chi connectivity index (χ1) is 23.1. The van der Waals surface area contributed by atoms with Crippen LogP contribution in [0.5, 0.6) is 0 Å². The van der Waals surface area contributed by atoms with Gasteiger partial charge in [0.05, 0.1) is 21.6 Å². The van der Waals surface area contributed by atoms with Gasteiger partial charge in [-0.1, -0.05) is 123 Å². The van der Waals surface area contributed by atoms with Gasteiger partial charge < -0.3 is 4.57 Å². The second-order valence-corrected chi connectivity index (χ2v) is 14.7. The third kappa shape index (κ3) is 3.23. The smallest absolute Gasteiger partial charge is 0.0641 e. The van der Waals surface area contributed by atoms with E-state index in [4.69, 9.17) is 0 Å². The zero-order chi connectivity index (χ0) is 31.0. The first-order valence-corrected chi connectivity index (χ1v) is 17.3. The van der Waals surface area contributed by atoms with Crippen molar-refractivity contribution in [3.63, 3.8) is 0 Å². The normalized spacial score (nSPS) is 13.9. The standard InChI is InChI=1S/C45H29NS/c1-45(2)36-17-5-3-12-29(36)30-22-20-28(25-37(30)45)27-21-23-38-35(24-27)42-33-15-7-10-26-11-8-16-34(41(26)33)43(42)46(38)39-18-9-14-32-31-13-4-6-19-40(31)47-44(32)39/h3-25H,1-2H3. The largest absolute Gasteiger partial charge is 0.307 e. The van der Waals surface area contributed by atoms with E-state index < -0.39 is 0 Å². The molecule has 2 heterocycles. The molecule has 2 aromatic heterocycles. The summed E-state index contributed by atoms with van der Waals surface area (Å²) in [7, 11) is 0. The molecule has 2 aliphatic rings. The summed E-state index contributed by atoms with van der Waals surface area (Å²) < 4.78 is 5.22. The van der Waals surface area contributed by atoms with Crippen LogP contribution in [0.15, 0.2) is 140 Å². The van der Waals surface area contributed by atoms with Gasteiger partial charge in [-0.15, -0.1) is 11.3 Å². The Morgan fingerprint density at radius 2 is 1.23 bits per heavy atom. The van der Waals surface area contributed by atoms with E-state index in [2.05, 4.69) is 158 Å². The molecule has 0 saturated heterocycles. The molecule has 1 nitrogen and oxygen atoms in total. The topological polar surface area (TPSA) is 4.93 Å². The minimum absolute atomic E-state index is 0.0309. The molecule has 2 aliphatic carbocycles. The van der Waals surface area contributed by atoms with Crippen molar-refractivity contribution in [3.05, 3.63) is 151 Å². The predicted octanol–water partition coefficient (Wildman–Crippen LogP) is 12.8. The van der Waals surface area contributed by atoms with Crippen LogP contribution in [-0.4, -0.2) is 4.57 Å². The third-order valence-electron chi connectivity index (χ3n) is 10.9. The molecule has 9 aromatic rings. The molecule has 7 aromatic carbocycles. The van der Waals surface area contributed by atoms with Crippen LogP contribution in [0.4, 0.5) is 0 Å². The number of benzene rings is 7. The maximum Gasteiger partial charge on any atom is 0.0641 e. The SMILES string of the molecule is CC1(C)c2ccccc2-c2ccc(-c3ccc4c(c3)c3c(n4-c4cccc5c4sc4ccccc45)-c4cccc5cccc-3c45)cc21. The summed E-state index contributed by atoms with van der Waals surface area (Å²) in [5.74, 6) is 0. The second-order valence-electron chi connectivity index (χ2n) is 13.7. The fourth-order valence-corrected chi connectivity index (χ4v) is 9.99. The fourth-order valence-electron chi connectivity index (χ4n) is 8.79. The summed E-state index contributed by atoms with van der Waals surface area (Å²) >= 11 is 1.90. The molecule has 0 N–H and O–H groups in total. The van der Waals surface area contributed by atoms with E-state index >= 15 is 0 Å². The van der Waals surface area contributed by atoms with E-state index in [1.807, 2.05) is 11.3 Å². The molecule has 0 fully saturated rings. The van der Waals surface area contributed by atoms with Gasteiger partial charge in [-0.2, -0.15) is 0 Å². The van der Waals surface area contributed by atoms with E-state index in [1.165, 1.54) is 103 Å². The third-order valence-corrected chi connectivity index (χ3v) is 12.1. The highest BCUT2D eigenvalue weighted by atomic mass is 32.1. The van der Waals surface area contributed by atoms with Gasteiger partial charge in [0, 0.05) is 37.4 Å². The minimum atomic E-state index is -0.0309. The molecular formula is C45H29NS. The van der Waals surface area contributed by atoms with Crippen molar-refractivity contribution < 1.29 is 0 Å². The maximum absolute atomic E-state index is 2.56. The number of fused-ring (bicyclic) bond motifs is 11. The van der Waals surface area contributed by atoms with Crippen molar-refractivity contribution in [2.45, 2.75) is 19.3 Å². The van der Waals surface area contributed by atoms with Crippen molar-refractivity contribution in [1.29, 1.82) is 0 Å². The zero-order valence-electron chi connectivity index (χ0n) is 26.1. The summed E-state index contributed by atoms with van der Waals surface area (Å²) in [6.07, 6.45) is 0. The highest BCUT2D eigenvalue weighted by Gasteiger charge is 2.35. The fraction of sp³-hybridized carbons (Fsp3) is 0.0667. The van der Waals surface area contributed by atoms with Gasteiger partial charge >= 0.3 is 0 Å². The average Bonchev–Trinajstić information content (AvgIpc) is 3.82. The highest BCUT2D eigenvalue weighted by Crippen LogP contribution is 2.55. The van der Waals surface area contributed by atoms with Crippen LogP contribution in [0.1, 0.15) is 25.0 Å². The van der Waals surface area contributed by atoms with Crippen LogP contribution in [0, 0.1) is 0 Å². The van der Waals surface area contributed by atoms with Crippen molar-refractivity contribution in [2.75, 3.05) is 0 Å². The van der Waals surface area contributed by atoms with Crippen LogP contribution >= 0.6 is 11.3 Å². The first kappa shape index (κ1) is 25.7. The van der Waals surface area contributed by atoms with Crippen LogP contribution in [0.3, 0.4) is 0 Å². The van der Waals surface area contributed by atoms with Gasteiger partial charge in [-0.05, 0) is 80.0 Å². The summed E-state index contributed by atoms with van der Waals surface area (Å²) in [5, 5.41) is 6.62. The summed E-state index contributed by atoms with van der Waals surface area (Å²) in [6.45, 7) is 4.73. The van der Waals surface area contributed by atoms with E-state index in [0.29, 0.717) is 0 Å². The molecule has 220 valence electrons. The minimum Gasteiger partial charge on any atom is -0.307 e. The second kappa shape index (κ2) is 8.88. The molecule has 0 atom stereocenters. The summed E-state index contributed by atoms with van der Waals surface area (Å²) in [5.41, 5.74) is 15.9. The molecule has 0 aliphatic heterocycles. The van der Waals surface area contributed by atoms with E-state index in [1.54, 1.807) is 0 Å². The van der Waals surface area contributed by atoms with E-state index in [-0.39, 0.29) is 5.41 Å². The molecule has 11 rings (SSSR count).